The zero-order valence-corrected chi connectivity index (χ0v) is 9.99. The second-order valence-electron chi connectivity index (χ2n) is 4.37. The Morgan fingerprint density at radius 2 is 2.29 bits per heavy atom. The number of carbonyl (C=O) groups is 1. The summed E-state index contributed by atoms with van der Waals surface area (Å²) in [5, 5.41) is 13.6. The monoisotopic (exact) mass is 236 g/mol. The van der Waals surface area contributed by atoms with Crippen molar-refractivity contribution in [2.45, 2.75) is 18.9 Å². The van der Waals surface area contributed by atoms with Gasteiger partial charge in [-0.1, -0.05) is 0 Å². The van der Waals surface area contributed by atoms with Crippen LogP contribution in [0.4, 0.5) is 5.82 Å². The molecule has 2 rings (SSSR count). The van der Waals surface area contributed by atoms with Crippen molar-refractivity contribution in [3.05, 3.63) is 17.8 Å². The second kappa shape index (κ2) is 4.67. The number of hydrogen-bond acceptors (Lipinski definition) is 5. The van der Waals surface area contributed by atoms with E-state index in [9.17, 15) is 4.79 Å². The Morgan fingerprint density at radius 1 is 1.47 bits per heavy atom. The zero-order valence-electron chi connectivity index (χ0n) is 9.99. The minimum Gasteiger partial charge on any atom is -0.379 e. The minimum atomic E-state index is -0.237. The van der Waals surface area contributed by atoms with Gasteiger partial charge in [0, 0.05) is 13.7 Å². The first-order valence-corrected chi connectivity index (χ1v) is 5.55. The fourth-order valence-corrected chi connectivity index (χ4v) is 1.72. The van der Waals surface area contributed by atoms with Gasteiger partial charge in [0.2, 0.25) is 0 Å². The molecule has 1 amide bonds. The summed E-state index contributed by atoms with van der Waals surface area (Å²) in [6.45, 7) is 3.49. The summed E-state index contributed by atoms with van der Waals surface area (Å²) < 4.78 is 5.34. The van der Waals surface area contributed by atoms with Gasteiger partial charge in [0.1, 0.15) is 5.82 Å². The highest BCUT2D eigenvalue weighted by Gasteiger charge is 2.29. The van der Waals surface area contributed by atoms with E-state index in [1.807, 2.05) is 0 Å². The third-order valence-electron chi connectivity index (χ3n) is 2.77. The lowest BCUT2D eigenvalue weighted by atomic mass is 10.0. The van der Waals surface area contributed by atoms with Gasteiger partial charge >= 0.3 is 0 Å². The minimum absolute atomic E-state index is 0.0940. The number of carbonyl (C=O) groups excluding carboxylic acids is 1. The Kier molecular flexibility index (Phi) is 3.23. The van der Waals surface area contributed by atoms with Crippen LogP contribution in [0.25, 0.3) is 0 Å². The van der Waals surface area contributed by atoms with Crippen molar-refractivity contribution in [1.82, 2.24) is 15.5 Å². The summed E-state index contributed by atoms with van der Waals surface area (Å²) in [6.07, 6.45) is 0.936. The maximum Gasteiger partial charge on any atom is 0.271 e. The summed E-state index contributed by atoms with van der Waals surface area (Å²) in [5.74, 6) is 0.421. The standard InChI is InChI=1S/C11H16N4O2/c1-11(5-6-17-7-11)13-9-4-3-8(14-15-9)10(16)12-2/h3-4H,5-7H2,1-2H3,(H,12,16)(H,13,15). The van der Waals surface area contributed by atoms with Gasteiger partial charge in [-0.2, -0.15) is 0 Å². The van der Waals surface area contributed by atoms with Crippen molar-refractivity contribution in [3.8, 4) is 0 Å². The van der Waals surface area contributed by atoms with Crippen LogP contribution in [0, 0.1) is 0 Å². The van der Waals surface area contributed by atoms with Crippen molar-refractivity contribution in [2.75, 3.05) is 25.6 Å². The quantitative estimate of drug-likeness (QED) is 0.795. The average Bonchev–Trinajstić information content (AvgIpc) is 2.76. The number of anilines is 1. The molecule has 2 heterocycles. The van der Waals surface area contributed by atoms with Crippen LogP contribution in [-0.2, 0) is 4.74 Å². The molecule has 1 atom stereocenters. The van der Waals surface area contributed by atoms with E-state index in [2.05, 4.69) is 27.8 Å². The Hall–Kier alpha value is -1.69. The van der Waals surface area contributed by atoms with Gasteiger partial charge in [-0.3, -0.25) is 4.79 Å². The molecule has 0 radical (unpaired) electrons. The number of nitrogens with zero attached hydrogens (tertiary/aromatic N) is 2. The van der Waals surface area contributed by atoms with Crippen LogP contribution >= 0.6 is 0 Å². The molecule has 2 N–H and O–H groups in total. The van der Waals surface area contributed by atoms with Crippen molar-refractivity contribution in [2.24, 2.45) is 0 Å². The topological polar surface area (TPSA) is 76.1 Å². The van der Waals surface area contributed by atoms with Gasteiger partial charge < -0.3 is 15.4 Å². The first-order chi connectivity index (χ1) is 8.13. The van der Waals surface area contributed by atoms with Crippen LogP contribution in [0.5, 0.6) is 0 Å². The van der Waals surface area contributed by atoms with Crippen molar-refractivity contribution in [3.63, 3.8) is 0 Å². The fourth-order valence-electron chi connectivity index (χ4n) is 1.72. The first-order valence-electron chi connectivity index (χ1n) is 5.55. The van der Waals surface area contributed by atoms with Gasteiger partial charge in [0.05, 0.1) is 12.1 Å². The number of hydrogen-bond donors (Lipinski definition) is 2. The zero-order chi connectivity index (χ0) is 12.3. The van der Waals surface area contributed by atoms with E-state index >= 15 is 0 Å². The van der Waals surface area contributed by atoms with E-state index in [0.29, 0.717) is 18.1 Å². The molecule has 1 aliphatic rings. The molecule has 0 bridgehead atoms. The molecule has 92 valence electrons. The van der Waals surface area contributed by atoms with Crippen LogP contribution < -0.4 is 10.6 Å². The third kappa shape index (κ3) is 2.71. The smallest absolute Gasteiger partial charge is 0.271 e. The van der Waals surface area contributed by atoms with Crippen LogP contribution in [-0.4, -0.2) is 41.9 Å². The summed E-state index contributed by atoms with van der Waals surface area (Å²) in [5.41, 5.74) is 0.217. The largest absolute Gasteiger partial charge is 0.379 e. The SMILES string of the molecule is CNC(=O)c1ccc(NC2(C)CCOC2)nn1. The Morgan fingerprint density at radius 3 is 2.82 bits per heavy atom. The molecule has 1 unspecified atom stereocenters. The van der Waals surface area contributed by atoms with Crippen LogP contribution in [0.1, 0.15) is 23.8 Å². The lowest BCUT2D eigenvalue weighted by molar-refractivity contribution is 0.0957. The molecule has 0 saturated carbocycles. The normalized spacial score (nSPS) is 23.4. The van der Waals surface area contributed by atoms with E-state index in [-0.39, 0.29) is 11.4 Å². The third-order valence-corrected chi connectivity index (χ3v) is 2.77. The Bertz CT molecular complexity index is 398. The van der Waals surface area contributed by atoms with Gasteiger partial charge in [-0.25, -0.2) is 0 Å². The van der Waals surface area contributed by atoms with Gasteiger partial charge in [0.25, 0.3) is 5.91 Å². The van der Waals surface area contributed by atoms with E-state index in [0.717, 1.165) is 13.0 Å². The lowest BCUT2D eigenvalue weighted by Crippen LogP contribution is -2.35. The molecule has 6 nitrogen and oxygen atoms in total. The van der Waals surface area contributed by atoms with E-state index in [1.54, 1.807) is 19.2 Å². The molecule has 1 aromatic rings. The van der Waals surface area contributed by atoms with Crippen molar-refractivity contribution < 1.29 is 9.53 Å². The summed E-state index contributed by atoms with van der Waals surface area (Å²) >= 11 is 0. The van der Waals surface area contributed by atoms with Gasteiger partial charge in [-0.05, 0) is 25.5 Å². The lowest BCUT2D eigenvalue weighted by Gasteiger charge is -2.23. The number of rotatable bonds is 3. The average molecular weight is 236 g/mol. The molecule has 0 spiro atoms. The van der Waals surface area contributed by atoms with Crippen LogP contribution in [0.2, 0.25) is 0 Å². The highest BCUT2D eigenvalue weighted by atomic mass is 16.5. The predicted octanol–water partition coefficient (Wildman–Crippen LogP) is 0.427. The van der Waals surface area contributed by atoms with Crippen molar-refractivity contribution in [1.29, 1.82) is 0 Å². The maximum atomic E-state index is 11.3. The summed E-state index contributed by atoms with van der Waals surface area (Å²) in [4.78, 5) is 11.3. The summed E-state index contributed by atoms with van der Waals surface area (Å²) in [6, 6.07) is 3.40. The summed E-state index contributed by atoms with van der Waals surface area (Å²) in [7, 11) is 1.56. The number of nitrogens with one attached hydrogen (secondary N) is 2. The highest BCUT2D eigenvalue weighted by Crippen LogP contribution is 2.22. The number of ether oxygens (including phenoxy) is 1. The maximum absolute atomic E-state index is 11.3. The molecule has 1 aliphatic heterocycles. The number of aromatic nitrogens is 2. The van der Waals surface area contributed by atoms with E-state index in [4.69, 9.17) is 4.74 Å². The molecule has 17 heavy (non-hydrogen) atoms. The highest BCUT2D eigenvalue weighted by molar-refractivity contribution is 5.91. The van der Waals surface area contributed by atoms with Crippen molar-refractivity contribution >= 4 is 11.7 Å². The van der Waals surface area contributed by atoms with E-state index in [1.165, 1.54) is 0 Å². The first kappa shape index (κ1) is 11.8. The Balaban J connectivity index is 2.05. The van der Waals surface area contributed by atoms with E-state index < -0.39 is 0 Å². The fraction of sp³-hybridized carbons (Fsp3) is 0.545. The molecule has 1 saturated heterocycles. The van der Waals surface area contributed by atoms with Crippen LogP contribution in [0.15, 0.2) is 12.1 Å². The molecule has 0 aliphatic carbocycles. The predicted molar refractivity (Wildman–Crippen MR) is 62.9 cm³/mol. The van der Waals surface area contributed by atoms with Gasteiger partial charge in [0.15, 0.2) is 5.69 Å². The molecular weight excluding hydrogens is 220 g/mol. The molecule has 0 aromatic carbocycles. The number of amides is 1. The van der Waals surface area contributed by atoms with Gasteiger partial charge in [-0.15, -0.1) is 10.2 Å². The second-order valence-corrected chi connectivity index (χ2v) is 4.37. The molecule has 1 fully saturated rings. The van der Waals surface area contributed by atoms with Crippen LogP contribution in [0.3, 0.4) is 0 Å². The Labute approximate surface area is 99.8 Å². The molecule has 1 aromatic heterocycles. The molecule has 6 heteroatoms. The molecular formula is C11H16N4O2.